The maximum absolute atomic E-state index is 14.1. The number of aromatic hydroxyl groups is 1. The summed E-state index contributed by atoms with van der Waals surface area (Å²) in [5.41, 5.74) is 0.999. The largest absolute Gasteiger partial charge is 0.508 e. The molecule has 2 heterocycles. The molecular weight excluding hydrogens is 402 g/mol. The van der Waals surface area contributed by atoms with Crippen LogP contribution in [0.1, 0.15) is 42.7 Å². The van der Waals surface area contributed by atoms with E-state index < -0.39 is 24.1 Å². The number of aliphatic hydroxyl groups excluding tert-OH is 1. The lowest BCUT2D eigenvalue weighted by atomic mass is 9.85. The third-order valence-corrected chi connectivity index (χ3v) is 6.75. The van der Waals surface area contributed by atoms with Crippen molar-refractivity contribution in [2.45, 2.75) is 50.2 Å². The lowest BCUT2D eigenvalue weighted by molar-refractivity contribution is -0.135. The maximum Gasteiger partial charge on any atom is 0.248 e. The molecule has 2 aromatic rings. The lowest BCUT2D eigenvalue weighted by Gasteiger charge is -2.40. The zero-order chi connectivity index (χ0) is 22.0. The number of rotatable bonds is 7. The number of benzene rings is 2. The smallest absolute Gasteiger partial charge is 0.248 e. The number of aliphatic hydroxyl groups is 1. The Kier molecular flexibility index (Phi) is 6.53. The van der Waals surface area contributed by atoms with Gasteiger partial charge in [-0.1, -0.05) is 18.2 Å². The second-order valence-electron chi connectivity index (χ2n) is 8.56. The van der Waals surface area contributed by atoms with E-state index in [0.29, 0.717) is 31.1 Å². The van der Waals surface area contributed by atoms with E-state index in [2.05, 4.69) is 11.0 Å². The first-order valence-electron chi connectivity index (χ1n) is 10.8. The van der Waals surface area contributed by atoms with E-state index in [1.807, 2.05) is 12.1 Å². The van der Waals surface area contributed by atoms with Gasteiger partial charge in [-0.25, -0.2) is 8.78 Å². The van der Waals surface area contributed by atoms with Gasteiger partial charge in [0.05, 0.1) is 6.54 Å². The monoisotopic (exact) mass is 430 g/mol. The molecule has 2 aliphatic heterocycles. The Morgan fingerprint density at radius 1 is 1.06 bits per heavy atom. The van der Waals surface area contributed by atoms with Crippen LogP contribution in [0.3, 0.4) is 0 Å². The van der Waals surface area contributed by atoms with Gasteiger partial charge in [-0.2, -0.15) is 0 Å². The minimum absolute atomic E-state index is 0.158. The van der Waals surface area contributed by atoms with Crippen LogP contribution >= 0.6 is 0 Å². The number of nitrogens with zero attached hydrogens (tertiary/aromatic N) is 2. The zero-order valence-electron chi connectivity index (χ0n) is 17.4. The number of fused-ring (bicyclic) bond motifs is 2. The molecular formula is C24H28F2N2O3. The molecule has 0 spiro atoms. The summed E-state index contributed by atoms with van der Waals surface area (Å²) in [6.07, 6.45) is 4.12. The van der Waals surface area contributed by atoms with E-state index in [1.54, 1.807) is 6.07 Å². The van der Waals surface area contributed by atoms with Gasteiger partial charge in [0, 0.05) is 30.7 Å². The molecule has 0 radical (unpaired) electrons. The molecule has 2 N–H and O–H groups in total. The van der Waals surface area contributed by atoms with Crippen molar-refractivity contribution in [2.24, 2.45) is 0 Å². The van der Waals surface area contributed by atoms with Crippen LogP contribution in [-0.2, 0) is 11.3 Å². The van der Waals surface area contributed by atoms with Crippen molar-refractivity contribution in [3.63, 3.8) is 0 Å². The van der Waals surface area contributed by atoms with Gasteiger partial charge in [-0.3, -0.25) is 9.69 Å². The number of hydrogen-bond donors (Lipinski definition) is 2. The Morgan fingerprint density at radius 3 is 2.32 bits per heavy atom. The topological polar surface area (TPSA) is 64.0 Å². The predicted molar refractivity (Wildman–Crippen MR) is 112 cm³/mol. The SMILES string of the molecule is O=C(CO)N(CCN1C2CCC1CC(c1cccc(O)c1)C2)Cc1c(F)cccc1F. The molecule has 0 saturated carbocycles. The molecule has 2 fully saturated rings. The van der Waals surface area contributed by atoms with E-state index in [4.69, 9.17) is 0 Å². The molecule has 2 unspecified atom stereocenters. The number of phenolic OH excluding ortho intramolecular Hbond substituents is 1. The highest BCUT2D eigenvalue weighted by Gasteiger charge is 2.41. The van der Waals surface area contributed by atoms with Gasteiger partial charge in [-0.05, 0) is 61.4 Å². The molecule has 1 amide bonds. The van der Waals surface area contributed by atoms with Crippen LogP contribution in [0.15, 0.2) is 42.5 Å². The second kappa shape index (κ2) is 9.32. The van der Waals surface area contributed by atoms with E-state index >= 15 is 0 Å². The number of amides is 1. The lowest BCUT2D eigenvalue weighted by Crippen LogP contribution is -2.47. The van der Waals surface area contributed by atoms with Crippen LogP contribution in [0.5, 0.6) is 5.75 Å². The van der Waals surface area contributed by atoms with E-state index in [1.165, 1.54) is 23.1 Å². The number of hydrogen-bond acceptors (Lipinski definition) is 4. The van der Waals surface area contributed by atoms with Crippen molar-refractivity contribution in [1.82, 2.24) is 9.80 Å². The molecule has 4 rings (SSSR count). The van der Waals surface area contributed by atoms with Gasteiger partial charge >= 0.3 is 0 Å². The Hall–Kier alpha value is -2.51. The Bertz CT molecular complexity index is 905. The average Bonchev–Trinajstić information content (AvgIpc) is 2.99. The number of halogens is 2. The molecule has 7 heteroatoms. The molecule has 2 bridgehead atoms. The molecule has 2 atom stereocenters. The van der Waals surface area contributed by atoms with E-state index in [9.17, 15) is 23.8 Å². The molecule has 5 nitrogen and oxygen atoms in total. The Labute approximate surface area is 180 Å². The predicted octanol–water partition coefficient (Wildman–Crippen LogP) is 3.40. The fraction of sp³-hybridized carbons (Fsp3) is 0.458. The van der Waals surface area contributed by atoms with E-state index in [0.717, 1.165) is 31.2 Å². The molecule has 0 aromatic heterocycles. The van der Waals surface area contributed by atoms with Gasteiger partial charge in [0.15, 0.2) is 0 Å². The van der Waals surface area contributed by atoms with Crippen molar-refractivity contribution < 1.29 is 23.8 Å². The first-order valence-corrected chi connectivity index (χ1v) is 10.8. The fourth-order valence-corrected chi connectivity index (χ4v) is 5.19. The molecule has 31 heavy (non-hydrogen) atoms. The Morgan fingerprint density at radius 2 is 1.71 bits per heavy atom. The van der Waals surface area contributed by atoms with Crippen molar-refractivity contribution in [2.75, 3.05) is 19.7 Å². The standard InChI is InChI=1S/C24H28F2N2O3/c25-22-5-2-6-23(26)21(22)14-27(24(31)15-29)9-10-28-18-7-8-19(28)12-17(11-18)16-3-1-4-20(30)13-16/h1-6,13,17-19,29-30H,7-12,14-15H2. The van der Waals surface area contributed by atoms with Crippen molar-refractivity contribution >= 4 is 5.91 Å². The number of piperidine rings is 1. The highest BCUT2D eigenvalue weighted by atomic mass is 19.1. The number of phenols is 1. The normalized spacial score (nSPS) is 23.1. The summed E-state index contributed by atoms with van der Waals surface area (Å²) >= 11 is 0. The van der Waals surface area contributed by atoms with Crippen molar-refractivity contribution in [3.8, 4) is 5.75 Å². The van der Waals surface area contributed by atoms with Crippen LogP contribution in [0.2, 0.25) is 0 Å². The van der Waals surface area contributed by atoms with Crippen molar-refractivity contribution in [1.29, 1.82) is 0 Å². The first-order chi connectivity index (χ1) is 15.0. The van der Waals surface area contributed by atoms with Gasteiger partial charge in [-0.15, -0.1) is 0 Å². The Balaban J connectivity index is 1.42. The maximum atomic E-state index is 14.1. The summed E-state index contributed by atoms with van der Waals surface area (Å²) in [6.45, 7) is 0.0103. The van der Waals surface area contributed by atoms with Gasteiger partial charge in [0.1, 0.15) is 24.0 Å². The first kappa shape index (κ1) is 21.7. The number of carbonyl (C=O) groups excluding carboxylic acids is 1. The average molecular weight is 430 g/mol. The minimum atomic E-state index is -0.692. The quantitative estimate of drug-likeness (QED) is 0.707. The zero-order valence-corrected chi connectivity index (χ0v) is 17.4. The molecule has 2 aromatic carbocycles. The molecule has 0 aliphatic carbocycles. The summed E-state index contributed by atoms with van der Waals surface area (Å²) in [5, 5.41) is 19.1. The van der Waals surface area contributed by atoms with Crippen LogP contribution in [0.25, 0.3) is 0 Å². The van der Waals surface area contributed by atoms with Crippen molar-refractivity contribution in [3.05, 3.63) is 65.2 Å². The van der Waals surface area contributed by atoms with Crippen LogP contribution < -0.4 is 0 Å². The third-order valence-electron chi connectivity index (χ3n) is 6.75. The van der Waals surface area contributed by atoms with Gasteiger partial charge in [0.25, 0.3) is 0 Å². The highest BCUT2D eigenvalue weighted by molar-refractivity contribution is 5.77. The van der Waals surface area contributed by atoms with Gasteiger partial charge < -0.3 is 15.1 Å². The van der Waals surface area contributed by atoms with E-state index in [-0.39, 0.29) is 17.9 Å². The summed E-state index contributed by atoms with van der Waals surface area (Å²) in [6, 6.07) is 11.8. The van der Waals surface area contributed by atoms with Crippen LogP contribution in [0, 0.1) is 11.6 Å². The molecule has 2 aliphatic rings. The number of carbonyl (C=O) groups is 1. The minimum Gasteiger partial charge on any atom is -0.508 e. The molecule has 166 valence electrons. The highest BCUT2D eigenvalue weighted by Crippen LogP contribution is 2.43. The second-order valence-corrected chi connectivity index (χ2v) is 8.56. The summed E-state index contributed by atoms with van der Waals surface area (Å²) < 4.78 is 28.1. The summed E-state index contributed by atoms with van der Waals surface area (Å²) in [7, 11) is 0. The van der Waals surface area contributed by atoms with Gasteiger partial charge in [0.2, 0.25) is 5.91 Å². The third kappa shape index (κ3) is 4.72. The molecule has 2 saturated heterocycles. The fourth-order valence-electron chi connectivity index (χ4n) is 5.19. The summed E-state index contributed by atoms with van der Waals surface area (Å²) in [5.74, 6) is -1.25. The van der Waals surface area contributed by atoms with Crippen LogP contribution in [0.4, 0.5) is 8.78 Å². The summed E-state index contributed by atoms with van der Waals surface area (Å²) in [4.78, 5) is 16.0. The van der Waals surface area contributed by atoms with Crippen LogP contribution in [-0.4, -0.2) is 57.7 Å².